The molecule has 0 aromatic carbocycles. The molecule has 0 saturated heterocycles. The Kier molecular flexibility index (Phi) is 4.65. The second kappa shape index (κ2) is 5.62. The first kappa shape index (κ1) is 9.09. The summed E-state index contributed by atoms with van der Waals surface area (Å²) < 4.78 is 0. The molecule has 0 N–H and O–H groups in total. The highest BCUT2D eigenvalue weighted by atomic mass is 14.1. The molecule has 0 aromatic heterocycles. The van der Waals surface area contributed by atoms with Crippen molar-refractivity contribution in [3.8, 4) is 0 Å². The maximum atomic E-state index is 2.36. The van der Waals surface area contributed by atoms with Crippen LogP contribution >= 0.6 is 0 Å². The molecule has 0 unspecified atom stereocenters. The van der Waals surface area contributed by atoms with Gasteiger partial charge in [-0.1, -0.05) is 64.7 Å². The van der Waals surface area contributed by atoms with E-state index in [-0.39, 0.29) is 0 Å². The van der Waals surface area contributed by atoms with E-state index in [1.807, 2.05) is 0 Å². The van der Waals surface area contributed by atoms with E-state index in [4.69, 9.17) is 0 Å². The van der Waals surface area contributed by atoms with Gasteiger partial charge in [0.1, 0.15) is 0 Å². The summed E-state index contributed by atoms with van der Waals surface area (Å²) in [5.74, 6) is 1.04. The molecule has 0 radical (unpaired) electrons. The van der Waals surface area contributed by atoms with Crippen LogP contribution in [0.25, 0.3) is 0 Å². The van der Waals surface area contributed by atoms with Crippen LogP contribution in [-0.4, -0.2) is 0 Å². The van der Waals surface area contributed by atoms with Crippen LogP contribution in [0, 0.1) is 5.92 Å². The van der Waals surface area contributed by atoms with Gasteiger partial charge in [-0.25, -0.2) is 0 Å². The molecule has 0 aliphatic heterocycles. The molecule has 2 aliphatic carbocycles. The fourth-order valence-corrected chi connectivity index (χ4v) is 1.56. The third-order valence-electron chi connectivity index (χ3n) is 2.89. The van der Waals surface area contributed by atoms with E-state index in [0.29, 0.717) is 0 Å². The first-order chi connectivity index (χ1) is 5.39. The van der Waals surface area contributed by atoms with Gasteiger partial charge in [-0.15, -0.1) is 0 Å². The fourth-order valence-electron chi connectivity index (χ4n) is 1.56. The van der Waals surface area contributed by atoms with Crippen molar-refractivity contribution in [1.82, 2.24) is 0 Å². The summed E-state index contributed by atoms with van der Waals surface area (Å²) in [6.45, 7) is 2.36. The summed E-state index contributed by atoms with van der Waals surface area (Å²) >= 11 is 0. The number of hydrogen-bond donors (Lipinski definition) is 0. The Morgan fingerprint density at radius 2 is 1.00 bits per heavy atom. The molecule has 11 heavy (non-hydrogen) atoms. The summed E-state index contributed by atoms with van der Waals surface area (Å²) in [5.41, 5.74) is 0. The van der Waals surface area contributed by atoms with Gasteiger partial charge in [0.15, 0.2) is 0 Å². The fraction of sp³-hybridized carbons (Fsp3) is 1.00. The van der Waals surface area contributed by atoms with Crippen molar-refractivity contribution in [2.45, 2.75) is 64.7 Å². The largest absolute Gasteiger partial charge is 0.0625 e. The lowest BCUT2D eigenvalue weighted by molar-refractivity contribution is 0.385. The average Bonchev–Trinajstić information content (AvgIpc) is 1.85. The van der Waals surface area contributed by atoms with Gasteiger partial charge in [0.05, 0.1) is 0 Å². The Hall–Kier alpha value is 0. The lowest BCUT2D eigenvalue weighted by Gasteiger charge is -2.15. The van der Waals surface area contributed by atoms with Gasteiger partial charge in [-0.2, -0.15) is 0 Å². The van der Waals surface area contributed by atoms with Gasteiger partial charge in [0.25, 0.3) is 0 Å². The zero-order valence-electron chi connectivity index (χ0n) is 7.94. The predicted octanol–water partition coefficient (Wildman–Crippen LogP) is 4.15. The first-order valence-corrected chi connectivity index (χ1v) is 5.39. The van der Waals surface area contributed by atoms with Crippen LogP contribution in [0.3, 0.4) is 0 Å². The van der Waals surface area contributed by atoms with Crippen LogP contribution in [0.5, 0.6) is 0 Å². The molecule has 0 aromatic rings. The summed E-state index contributed by atoms with van der Waals surface area (Å²) in [6, 6.07) is 0. The highest BCUT2D eigenvalue weighted by Crippen LogP contribution is 2.22. The van der Waals surface area contributed by atoms with E-state index in [0.717, 1.165) is 5.92 Å². The van der Waals surface area contributed by atoms with Crippen molar-refractivity contribution in [1.29, 1.82) is 0 Å². The molecule has 0 nitrogen and oxygen atoms in total. The monoisotopic (exact) mass is 154 g/mol. The topological polar surface area (TPSA) is 0 Å². The molecule has 0 heterocycles. The molecular formula is C11H22. The Morgan fingerprint density at radius 3 is 1.18 bits per heavy atom. The maximum Gasteiger partial charge on any atom is -0.0443 e. The molecule has 66 valence electrons. The molecular weight excluding hydrogens is 132 g/mol. The van der Waals surface area contributed by atoms with Crippen LogP contribution in [0.15, 0.2) is 0 Å². The van der Waals surface area contributed by atoms with Crippen molar-refractivity contribution in [2.24, 2.45) is 5.92 Å². The third-order valence-corrected chi connectivity index (χ3v) is 2.89. The van der Waals surface area contributed by atoms with E-state index in [1.165, 1.54) is 57.8 Å². The second-order valence-electron chi connectivity index (χ2n) is 4.16. The standard InChI is InChI=1S/C7H14.C4H8/c1-7-5-3-2-4-6-7;1-2-4-3-1/h7H,2-6H2,1H3;1-4H2. The van der Waals surface area contributed by atoms with Crippen LogP contribution in [0.4, 0.5) is 0 Å². The van der Waals surface area contributed by atoms with Crippen molar-refractivity contribution < 1.29 is 0 Å². The van der Waals surface area contributed by atoms with Gasteiger partial charge in [-0.3, -0.25) is 0 Å². The van der Waals surface area contributed by atoms with Crippen molar-refractivity contribution in [3.05, 3.63) is 0 Å². The van der Waals surface area contributed by atoms with Crippen LogP contribution < -0.4 is 0 Å². The second-order valence-corrected chi connectivity index (χ2v) is 4.16. The predicted molar refractivity (Wildman–Crippen MR) is 50.7 cm³/mol. The molecule has 2 rings (SSSR count). The quantitative estimate of drug-likeness (QED) is 0.492. The molecule has 0 bridgehead atoms. The molecule has 0 spiro atoms. The zero-order valence-corrected chi connectivity index (χ0v) is 7.94. The summed E-state index contributed by atoms with van der Waals surface area (Å²) in [6.07, 6.45) is 13.4. The Balaban J connectivity index is 0.000000128. The van der Waals surface area contributed by atoms with E-state index in [9.17, 15) is 0 Å². The molecule has 2 saturated carbocycles. The van der Waals surface area contributed by atoms with Crippen LogP contribution in [0.2, 0.25) is 0 Å². The van der Waals surface area contributed by atoms with Crippen LogP contribution in [0.1, 0.15) is 64.7 Å². The van der Waals surface area contributed by atoms with Gasteiger partial charge in [0, 0.05) is 0 Å². The zero-order chi connectivity index (χ0) is 7.94. The van der Waals surface area contributed by atoms with E-state index >= 15 is 0 Å². The highest BCUT2D eigenvalue weighted by molar-refractivity contribution is 4.59. The van der Waals surface area contributed by atoms with E-state index < -0.39 is 0 Å². The van der Waals surface area contributed by atoms with Crippen molar-refractivity contribution in [2.75, 3.05) is 0 Å². The lowest BCUT2D eigenvalue weighted by atomic mass is 9.91. The van der Waals surface area contributed by atoms with Gasteiger partial charge in [-0.05, 0) is 5.92 Å². The first-order valence-electron chi connectivity index (χ1n) is 5.39. The van der Waals surface area contributed by atoms with Gasteiger partial charge >= 0.3 is 0 Å². The van der Waals surface area contributed by atoms with Crippen molar-refractivity contribution >= 4 is 0 Å². The van der Waals surface area contributed by atoms with Gasteiger partial charge in [0.2, 0.25) is 0 Å². The third kappa shape index (κ3) is 4.44. The SMILES string of the molecule is C1CCC1.CC1CCCCC1. The minimum absolute atomic E-state index is 1.04. The summed E-state index contributed by atoms with van der Waals surface area (Å²) in [5, 5.41) is 0. The van der Waals surface area contributed by atoms with E-state index in [1.54, 1.807) is 0 Å². The average molecular weight is 154 g/mol. The lowest BCUT2D eigenvalue weighted by Crippen LogP contribution is -1.99. The molecule has 2 fully saturated rings. The number of rotatable bonds is 0. The van der Waals surface area contributed by atoms with Gasteiger partial charge < -0.3 is 0 Å². The molecule has 2 aliphatic rings. The number of hydrogen-bond acceptors (Lipinski definition) is 0. The van der Waals surface area contributed by atoms with E-state index in [2.05, 4.69) is 6.92 Å². The minimum atomic E-state index is 1.04. The summed E-state index contributed by atoms with van der Waals surface area (Å²) in [4.78, 5) is 0. The normalized spacial score (nSPS) is 24.8. The minimum Gasteiger partial charge on any atom is -0.0625 e. The highest BCUT2D eigenvalue weighted by Gasteiger charge is 2.05. The maximum absolute atomic E-state index is 2.36. The Morgan fingerprint density at radius 1 is 0.636 bits per heavy atom. The van der Waals surface area contributed by atoms with Crippen LogP contribution in [-0.2, 0) is 0 Å². The molecule has 0 atom stereocenters. The smallest absolute Gasteiger partial charge is 0.0443 e. The van der Waals surface area contributed by atoms with Crippen molar-refractivity contribution in [3.63, 3.8) is 0 Å². The summed E-state index contributed by atoms with van der Waals surface area (Å²) in [7, 11) is 0. The Labute approximate surface area is 71.4 Å². The molecule has 0 heteroatoms. The Bertz CT molecular complexity index is 72.0. The molecule has 0 amide bonds.